The van der Waals surface area contributed by atoms with Crippen molar-refractivity contribution in [2.45, 2.75) is 6.18 Å². The van der Waals surface area contributed by atoms with Gasteiger partial charge in [0.1, 0.15) is 0 Å². The van der Waals surface area contributed by atoms with Crippen LogP contribution in [0, 0.1) is 0 Å². The highest BCUT2D eigenvalue weighted by Gasteiger charge is 2.36. The highest BCUT2D eigenvalue weighted by Crippen LogP contribution is 2.27. The summed E-state index contributed by atoms with van der Waals surface area (Å²) in [6, 6.07) is 0. The molecule has 5 nitrogen and oxygen atoms in total. The summed E-state index contributed by atoms with van der Waals surface area (Å²) < 4.78 is 40.8. The number of hydrogen-bond acceptors (Lipinski definition) is 4. The van der Waals surface area contributed by atoms with Gasteiger partial charge in [-0.05, 0) is 0 Å². The van der Waals surface area contributed by atoms with E-state index in [9.17, 15) is 18.0 Å². The minimum atomic E-state index is -4.78. The molecule has 1 aromatic heterocycles. The number of nitrogens with zero attached hydrogens (tertiary/aromatic N) is 2. The lowest BCUT2D eigenvalue weighted by atomic mass is 10.3. The number of carboxylic acids is 1. The largest absolute Gasteiger partial charge is 0.493 e. The van der Waals surface area contributed by atoms with Crippen molar-refractivity contribution in [3.63, 3.8) is 0 Å². The molecule has 0 amide bonds. The highest BCUT2D eigenvalue weighted by molar-refractivity contribution is 5.88. The standard InChI is InChI=1S/C7H5F3N2O3/c1-15-3-2-11-6(7(8,9)10)12-4(3)5(13)14/h2H,1H3,(H,13,14). The van der Waals surface area contributed by atoms with Gasteiger partial charge in [0.2, 0.25) is 5.82 Å². The molecule has 15 heavy (non-hydrogen) atoms. The molecule has 1 rings (SSSR count). The summed E-state index contributed by atoms with van der Waals surface area (Å²) in [4.78, 5) is 16.3. The van der Waals surface area contributed by atoms with E-state index in [4.69, 9.17) is 5.11 Å². The van der Waals surface area contributed by atoms with Gasteiger partial charge in [0.25, 0.3) is 0 Å². The monoisotopic (exact) mass is 222 g/mol. The zero-order valence-electron chi connectivity index (χ0n) is 7.37. The molecule has 0 atom stereocenters. The number of rotatable bonds is 2. The van der Waals surface area contributed by atoms with Crippen molar-refractivity contribution < 1.29 is 27.8 Å². The molecule has 0 aliphatic heterocycles. The van der Waals surface area contributed by atoms with Crippen LogP contribution < -0.4 is 4.74 Å². The number of halogens is 3. The number of methoxy groups -OCH3 is 1. The molecule has 1 heterocycles. The molecule has 0 aliphatic carbocycles. The Bertz CT molecular complexity index is 392. The maximum Gasteiger partial charge on any atom is 0.451 e. The number of aromatic nitrogens is 2. The van der Waals surface area contributed by atoms with Crippen LogP contribution in [0.25, 0.3) is 0 Å². The molecule has 82 valence electrons. The zero-order valence-corrected chi connectivity index (χ0v) is 7.37. The summed E-state index contributed by atoms with van der Waals surface area (Å²) in [6.07, 6.45) is -4.12. The van der Waals surface area contributed by atoms with Gasteiger partial charge in [0.05, 0.1) is 13.3 Å². The van der Waals surface area contributed by atoms with Gasteiger partial charge in [-0.1, -0.05) is 0 Å². The van der Waals surface area contributed by atoms with Crippen molar-refractivity contribution in [2.75, 3.05) is 7.11 Å². The molecule has 0 unspecified atom stereocenters. The summed E-state index contributed by atoms with van der Waals surface area (Å²) in [5.74, 6) is -3.45. The zero-order chi connectivity index (χ0) is 11.6. The van der Waals surface area contributed by atoms with E-state index in [0.717, 1.165) is 7.11 Å². The van der Waals surface area contributed by atoms with E-state index in [1.807, 2.05) is 0 Å². The third-order valence-corrected chi connectivity index (χ3v) is 1.43. The predicted octanol–water partition coefficient (Wildman–Crippen LogP) is 1.20. The molecule has 0 spiro atoms. The maximum atomic E-state index is 12.1. The van der Waals surface area contributed by atoms with Crippen LogP contribution in [-0.4, -0.2) is 28.2 Å². The molecule has 0 bridgehead atoms. The molecule has 8 heteroatoms. The van der Waals surface area contributed by atoms with Crippen molar-refractivity contribution in [1.82, 2.24) is 9.97 Å². The first-order valence-corrected chi connectivity index (χ1v) is 3.57. The van der Waals surface area contributed by atoms with Gasteiger partial charge in [0.15, 0.2) is 11.4 Å². The first kappa shape index (κ1) is 11.2. The van der Waals surface area contributed by atoms with Gasteiger partial charge in [-0.2, -0.15) is 13.2 Å². The number of hydrogen-bond donors (Lipinski definition) is 1. The van der Waals surface area contributed by atoms with Gasteiger partial charge >= 0.3 is 12.1 Å². The second-order valence-electron chi connectivity index (χ2n) is 2.41. The summed E-state index contributed by atoms with van der Waals surface area (Å²) in [5, 5.41) is 8.55. The summed E-state index contributed by atoms with van der Waals surface area (Å²) in [7, 11) is 1.11. The minimum Gasteiger partial charge on any atom is -0.493 e. The Balaban J connectivity index is 3.28. The fourth-order valence-electron chi connectivity index (χ4n) is 0.810. The summed E-state index contributed by atoms with van der Waals surface area (Å²) in [6.45, 7) is 0. The first-order chi connectivity index (χ1) is 6.86. The van der Waals surface area contributed by atoms with Crippen LogP contribution in [0.2, 0.25) is 0 Å². The molecule has 1 aromatic rings. The van der Waals surface area contributed by atoms with Gasteiger partial charge in [-0.3, -0.25) is 0 Å². The molecule has 0 radical (unpaired) electrons. The Kier molecular flexibility index (Phi) is 2.78. The van der Waals surface area contributed by atoms with Crippen LogP contribution in [0.15, 0.2) is 6.20 Å². The Morgan fingerprint density at radius 2 is 2.13 bits per heavy atom. The van der Waals surface area contributed by atoms with Gasteiger partial charge in [0, 0.05) is 0 Å². The summed E-state index contributed by atoms with van der Waals surface area (Å²) >= 11 is 0. The van der Waals surface area contributed by atoms with Crippen LogP contribution in [0.1, 0.15) is 16.3 Å². The van der Waals surface area contributed by atoms with Crippen LogP contribution in [0.4, 0.5) is 13.2 Å². The fraction of sp³-hybridized carbons (Fsp3) is 0.286. The number of carbonyl (C=O) groups is 1. The van der Waals surface area contributed by atoms with E-state index in [1.54, 1.807) is 0 Å². The minimum absolute atomic E-state index is 0.324. The smallest absolute Gasteiger partial charge is 0.451 e. The third kappa shape index (κ3) is 2.33. The molecule has 0 aromatic carbocycles. The normalized spacial score (nSPS) is 11.2. The topological polar surface area (TPSA) is 72.3 Å². The number of carboxylic acid groups (broad SMARTS) is 1. The molecule has 1 N–H and O–H groups in total. The molecular weight excluding hydrogens is 217 g/mol. The van der Waals surface area contributed by atoms with Gasteiger partial charge < -0.3 is 9.84 Å². The van der Waals surface area contributed by atoms with Crippen LogP contribution in [-0.2, 0) is 6.18 Å². The average molecular weight is 222 g/mol. The molecular formula is C7H5F3N2O3. The number of alkyl halides is 3. The van der Waals surface area contributed by atoms with E-state index in [2.05, 4.69) is 14.7 Å². The van der Waals surface area contributed by atoms with Crippen LogP contribution in [0.5, 0.6) is 5.75 Å². The molecule has 0 saturated heterocycles. The first-order valence-electron chi connectivity index (χ1n) is 3.57. The molecule has 0 aliphatic rings. The quantitative estimate of drug-likeness (QED) is 0.813. The van der Waals surface area contributed by atoms with E-state index < -0.39 is 23.7 Å². The van der Waals surface area contributed by atoms with Crippen molar-refractivity contribution in [2.24, 2.45) is 0 Å². The number of ether oxygens (including phenoxy) is 1. The van der Waals surface area contributed by atoms with E-state index in [-0.39, 0.29) is 5.75 Å². The Labute approximate surface area is 81.5 Å². The predicted molar refractivity (Wildman–Crippen MR) is 40.5 cm³/mol. The summed E-state index contributed by atoms with van der Waals surface area (Å²) in [5.41, 5.74) is -0.820. The van der Waals surface area contributed by atoms with Crippen LogP contribution in [0.3, 0.4) is 0 Å². The SMILES string of the molecule is COc1cnc(C(F)(F)F)nc1C(=O)O. The Morgan fingerprint density at radius 1 is 1.53 bits per heavy atom. The van der Waals surface area contributed by atoms with Gasteiger partial charge in [-0.25, -0.2) is 14.8 Å². The third-order valence-electron chi connectivity index (χ3n) is 1.43. The second-order valence-corrected chi connectivity index (χ2v) is 2.41. The average Bonchev–Trinajstić information content (AvgIpc) is 2.15. The molecule has 0 saturated carbocycles. The van der Waals surface area contributed by atoms with Crippen molar-refractivity contribution in [3.05, 3.63) is 17.7 Å². The molecule has 0 fully saturated rings. The van der Waals surface area contributed by atoms with Crippen molar-refractivity contribution >= 4 is 5.97 Å². The lowest BCUT2D eigenvalue weighted by Gasteiger charge is -2.07. The fourth-order valence-corrected chi connectivity index (χ4v) is 0.810. The Morgan fingerprint density at radius 3 is 2.53 bits per heavy atom. The maximum absolute atomic E-state index is 12.1. The van der Waals surface area contributed by atoms with E-state index in [0.29, 0.717) is 6.20 Å². The van der Waals surface area contributed by atoms with Crippen molar-refractivity contribution in [3.8, 4) is 5.75 Å². The van der Waals surface area contributed by atoms with E-state index >= 15 is 0 Å². The van der Waals surface area contributed by atoms with E-state index in [1.165, 1.54) is 0 Å². The second kappa shape index (κ2) is 3.71. The lowest BCUT2D eigenvalue weighted by molar-refractivity contribution is -0.145. The van der Waals surface area contributed by atoms with Crippen LogP contribution >= 0.6 is 0 Å². The highest BCUT2D eigenvalue weighted by atomic mass is 19.4. The van der Waals surface area contributed by atoms with Gasteiger partial charge in [-0.15, -0.1) is 0 Å². The van der Waals surface area contributed by atoms with Crippen molar-refractivity contribution in [1.29, 1.82) is 0 Å². The lowest BCUT2D eigenvalue weighted by Crippen LogP contribution is -2.15. The number of aromatic carboxylic acids is 1. The Hall–Kier alpha value is -1.86.